The summed E-state index contributed by atoms with van der Waals surface area (Å²) in [7, 11) is 1.89. The molecule has 0 saturated carbocycles. The minimum absolute atomic E-state index is 0.229. The Bertz CT molecular complexity index is 1050. The number of aliphatic hydroxyl groups is 1. The third-order valence-electron chi connectivity index (χ3n) is 6.26. The topological polar surface area (TPSA) is 76.8 Å². The van der Waals surface area contributed by atoms with Gasteiger partial charge in [-0.25, -0.2) is 4.79 Å². The van der Waals surface area contributed by atoms with Crippen molar-refractivity contribution in [3.8, 4) is 0 Å². The lowest BCUT2D eigenvalue weighted by molar-refractivity contribution is -0.136. The first kappa shape index (κ1) is 19.1. The molecule has 3 aromatic rings. The van der Waals surface area contributed by atoms with Gasteiger partial charge < -0.3 is 14.6 Å². The number of aryl methyl sites for hydroxylation is 1. The smallest absolute Gasteiger partial charge is 0.410 e. The molecular weight excluding hydrogens is 382 g/mol. The number of morpholine rings is 1. The number of amides is 1. The summed E-state index contributed by atoms with van der Waals surface area (Å²) in [5, 5.41) is 16.9. The van der Waals surface area contributed by atoms with Gasteiger partial charge in [0.2, 0.25) is 0 Å². The number of hydrogen-bond donors (Lipinski definition) is 1. The summed E-state index contributed by atoms with van der Waals surface area (Å²) in [4.78, 5) is 14.6. The van der Waals surface area contributed by atoms with Crippen LogP contribution in [0.4, 0.5) is 4.79 Å². The van der Waals surface area contributed by atoms with Crippen molar-refractivity contribution < 1.29 is 19.4 Å². The van der Waals surface area contributed by atoms with Gasteiger partial charge in [-0.1, -0.05) is 42.5 Å². The number of ether oxygens (including phenoxy) is 2. The molecule has 3 heterocycles. The van der Waals surface area contributed by atoms with Crippen LogP contribution in [-0.4, -0.2) is 51.2 Å². The standard InChI is InChI=1S/C23H25N3O4/c1-25-21-9-18(8-7-17(21)12-24-25)23(28)10-19-14-29-15-20(11-23)26(19)22(27)30-13-16-5-3-2-4-6-16/h2-9,12,19-20,28H,10-11,13-15H2,1H3. The number of hydrogen-bond acceptors (Lipinski definition) is 5. The van der Waals surface area contributed by atoms with E-state index in [0.717, 1.165) is 22.0 Å². The Morgan fingerprint density at radius 3 is 2.67 bits per heavy atom. The highest BCUT2D eigenvalue weighted by atomic mass is 16.6. The van der Waals surface area contributed by atoms with E-state index in [2.05, 4.69) is 5.10 Å². The van der Waals surface area contributed by atoms with Crippen LogP contribution in [0, 0.1) is 0 Å². The fraction of sp³-hybridized carbons (Fsp3) is 0.391. The molecule has 30 heavy (non-hydrogen) atoms. The van der Waals surface area contributed by atoms with Crippen molar-refractivity contribution in [1.82, 2.24) is 14.7 Å². The van der Waals surface area contributed by atoms with Gasteiger partial charge in [0.05, 0.1) is 42.6 Å². The Hall–Kier alpha value is -2.90. The molecule has 2 atom stereocenters. The van der Waals surface area contributed by atoms with Crippen molar-refractivity contribution in [1.29, 1.82) is 0 Å². The average Bonchev–Trinajstić information content (AvgIpc) is 3.12. The van der Waals surface area contributed by atoms with Crippen LogP contribution < -0.4 is 0 Å². The van der Waals surface area contributed by atoms with Crippen LogP contribution in [0.15, 0.2) is 54.7 Å². The lowest BCUT2D eigenvalue weighted by atomic mass is 9.77. The molecule has 0 spiro atoms. The van der Waals surface area contributed by atoms with Crippen LogP contribution in [0.5, 0.6) is 0 Å². The molecule has 2 aliphatic heterocycles. The van der Waals surface area contributed by atoms with E-state index in [0.29, 0.717) is 26.1 Å². The zero-order valence-electron chi connectivity index (χ0n) is 16.9. The number of carbonyl (C=O) groups is 1. The summed E-state index contributed by atoms with van der Waals surface area (Å²) in [6, 6.07) is 15.1. The SMILES string of the molecule is Cn1ncc2ccc(C3(O)CC4COCC(C3)N4C(=O)OCc3ccccc3)cc21. The van der Waals surface area contributed by atoms with Crippen LogP contribution in [0.1, 0.15) is 24.0 Å². The van der Waals surface area contributed by atoms with E-state index in [4.69, 9.17) is 9.47 Å². The molecule has 2 unspecified atom stereocenters. The van der Waals surface area contributed by atoms with Crippen molar-refractivity contribution in [3.05, 3.63) is 65.9 Å². The Balaban J connectivity index is 1.36. The summed E-state index contributed by atoms with van der Waals surface area (Å²) >= 11 is 0. The summed E-state index contributed by atoms with van der Waals surface area (Å²) in [6.07, 6.45) is 2.29. The van der Waals surface area contributed by atoms with Gasteiger partial charge in [0.25, 0.3) is 0 Å². The number of nitrogens with zero attached hydrogens (tertiary/aromatic N) is 3. The van der Waals surface area contributed by atoms with Gasteiger partial charge in [-0.3, -0.25) is 9.58 Å². The first-order chi connectivity index (χ1) is 14.5. The number of benzene rings is 2. The van der Waals surface area contributed by atoms with E-state index in [1.54, 1.807) is 4.90 Å². The zero-order valence-corrected chi connectivity index (χ0v) is 16.9. The Kier molecular flexibility index (Phi) is 4.72. The van der Waals surface area contributed by atoms with Crippen LogP contribution in [0.25, 0.3) is 10.9 Å². The molecule has 2 aromatic carbocycles. The Morgan fingerprint density at radius 1 is 1.20 bits per heavy atom. The summed E-state index contributed by atoms with van der Waals surface area (Å²) in [5.74, 6) is 0. The van der Waals surface area contributed by atoms with Gasteiger partial charge in [-0.15, -0.1) is 0 Å². The molecule has 1 aromatic heterocycles. The van der Waals surface area contributed by atoms with E-state index in [1.807, 2.05) is 66.5 Å². The number of aromatic nitrogens is 2. The molecule has 0 aliphatic carbocycles. The highest BCUT2D eigenvalue weighted by molar-refractivity contribution is 5.79. The largest absolute Gasteiger partial charge is 0.445 e. The molecule has 156 valence electrons. The summed E-state index contributed by atoms with van der Waals surface area (Å²) in [6.45, 7) is 1.03. The predicted octanol–water partition coefficient (Wildman–Crippen LogP) is 2.96. The van der Waals surface area contributed by atoms with Crippen molar-refractivity contribution in [3.63, 3.8) is 0 Å². The monoisotopic (exact) mass is 407 g/mol. The molecule has 5 rings (SSSR count). The van der Waals surface area contributed by atoms with E-state index in [-0.39, 0.29) is 24.8 Å². The quantitative estimate of drug-likeness (QED) is 0.722. The second-order valence-electron chi connectivity index (χ2n) is 8.27. The third kappa shape index (κ3) is 3.34. The second-order valence-corrected chi connectivity index (χ2v) is 8.27. The predicted molar refractivity (Wildman–Crippen MR) is 111 cm³/mol. The zero-order chi connectivity index (χ0) is 20.7. The first-order valence-corrected chi connectivity index (χ1v) is 10.2. The molecule has 7 nitrogen and oxygen atoms in total. The van der Waals surface area contributed by atoms with Crippen molar-refractivity contribution in [2.75, 3.05) is 13.2 Å². The highest BCUT2D eigenvalue weighted by Gasteiger charge is 2.49. The lowest BCUT2D eigenvalue weighted by Crippen LogP contribution is -2.62. The molecule has 0 radical (unpaired) electrons. The molecule has 1 N–H and O–H groups in total. The van der Waals surface area contributed by atoms with Gasteiger partial charge >= 0.3 is 6.09 Å². The van der Waals surface area contributed by atoms with Crippen LogP contribution >= 0.6 is 0 Å². The number of piperidine rings is 1. The third-order valence-corrected chi connectivity index (χ3v) is 6.26. The van der Waals surface area contributed by atoms with Crippen molar-refractivity contribution in [2.24, 2.45) is 7.05 Å². The average molecular weight is 407 g/mol. The van der Waals surface area contributed by atoms with Gasteiger partial charge in [0.15, 0.2) is 0 Å². The molecular formula is C23H25N3O4. The number of carbonyl (C=O) groups excluding carboxylic acids is 1. The molecule has 2 saturated heterocycles. The molecule has 2 bridgehead atoms. The van der Waals surface area contributed by atoms with E-state index < -0.39 is 5.60 Å². The minimum Gasteiger partial charge on any atom is -0.445 e. The van der Waals surface area contributed by atoms with Crippen molar-refractivity contribution >= 4 is 17.0 Å². The van der Waals surface area contributed by atoms with Gasteiger partial charge in [0.1, 0.15) is 6.61 Å². The van der Waals surface area contributed by atoms with Gasteiger partial charge in [-0.05, 0) is 17.2 Å². The Labute approximate surface area is 174 Å². The fourth-order valence-electron chi connectivity index (χ4n) is 4.74. The van der Waals surface area contributed by atoms with Crippen LogP contribution in [0.2, 0.25) is 0 Å². The highest BCUT2D eigenvalue weighted by Crippen LogP contribution is 2.42. The molecule has 2 aliphatic rings. The van der Waals surface area contributed by atoms with E-state index in [1.165, 1.54) is 0 Å². The van der Waals surface area contributed by atoms with Crippen LogP contribution in [0.3, 0.4) is 0 Å². The summed E-state index contributed by atoms with van der Waals surface area (Å²) < 4.78 is 13.1. The number of fused-ring (bicyclic) bond motifs is 3. The van der Waals surface area contributed by atoms with E-state index >= 15 is 0 Å². The number of rotatable bonds is 3. The fourth-order valence-corrected chi connectivity index (χ4v) is 4.74. The second kappa shape index (κ2) is 7.41. The maximum atomic E-state index is 12.9. The van der Waals surface area contributed by atoms with Crippen LogP contribution in [-0.2, 0) is 28.7 Å². The minimum atomic E-state index is -1.02. The Morgan fingerprint density at radius 2 is 1.93 bits per heavy atom. The normalized spacial score (nSPS) is 26.0. The van der Waals surface area contributed by atoms with Gasteiger partial charge in [-0.2, -0.15) is 5.10 Å². The molecule has 2 fully saturated rings. The maximum Gasteiger partial charge on any atom is 0.410 e. The van der Waals surface area contributed by atoms with Crippen molar-refractivity contribution in [2.45, 2.75) is 37.1 Å². The lowest BCUT2D eigenvalue weighted by Gasteiger charge is -2.51. The maximum absolute atomic E-state index is 12.9. The van der Waals surface area contributed by atoms with E-state index in [9.17, 15) is 9.90 Å². The molecule has 1 amide bonds. The summed E-state index contributed by atoms with van der Waals surface area (Å²) in [5.41, 5.74) is 1.76. The first-order valence-electron chi connectivity index (χ1n) is 10.2. The van der Waals surface area contributed by atoms with Gasteiger partial charge in [0, 0.05) is 25.3 Å². The molecule has 7 heteroatoms.